The van der Waals surface area contributed by atoms with Crippen LogP contribution in [0.2, 0.25) is 0 Å². The number of nitrogens with zero attached hydrogens (tertiary/aromatic N) is 5. The van der Waals surface area contributed by atoms with Gasteiger partial charge in [-0.3, -0.25) is 19.3 Å². The van der Waals surface area contributed by atoms with Gasteiger partial charge in [0.2, 0.25) is 0 Å². The maximum Gasteiger partial charge on any atom is 0.278 e. The first kappa shape index (κ1) is 21.0. The van der Waals surface area contributed by atoms with E-state index in [4.69, 9.17) is 9.72 Å². The molecule has 0 bridgehead atoms. The Morgan fingerprint density at radius 1 is 1.27 bits per heavy atom. The molecular weight excluding hydrogens is 398 g/mol. The van der Waals surface area contributed by atoms with Gasteiger partial charge in [0, 0.05) is 38.4 Å². The fourth-order valence-electron chi connectivity index (χ4n) is 3.86. The molecule has 3 aromatic rings. The first-order chi connectivity index (χ1) is 14.4. The van der Waals surface area contributed by atoms with Crippen molar-refractivity contribution in [3.8, 4) is 0 Å². The summed E-state index contributed by atoms with van der Waals surface area (Å²) >= 11 is 1.58. The lowest BCUT2D eigenvalue weighted by Gasteiger charge is -2.29. The molecule has 1 aliphatic heterocycles. The summed E-state index contributed by atoms with van der Waals surface area (Å²) in [5.74, 6) is -0.0529. The van der Waals surface area contributed by atoms with Crippen molar-refractivity contribution in [1.29, 1.82) is 0 Å². The smallest absolute Gasteiger partial charge is 0.278 e. The van der Waals surface area contributed by atoms with Crippen LogP contribution in [0.15, 0.2) is 24.4 Å². The first-order valence-corrected chi connectivity index (χ1v) is 11.3. The normalized spacial score (nSPS) is 15.2. The van der Waals surface area contributed by atoms with Gasteiger partial charge in [-0.2, -0.15) is 5.10 Å². The maximum atomic E-state index is 13.6. The standard InChI is InChI=1S/C22H29N5O2S/c1-15(2)27-18(5-6-23-27)21(28)26(8-7-25-9-11-29-12-10-25)22-24-20-17(4)13-16(3)14-19(20)30-22/h5-6,13-15H,7-12H2,1-4H3. The number of carbonyl (C=O) groups is 1. The van der Waals surface area contributed by atoms with E-state index in [1.165, 1.54) is 5.56 Å². The zero-order valence-corrected chi connectivity index (χ0v) is 18.9. The van der Waals surface area contributed by atoms with Crippen LogP contribution in [0, 0.1) is 13.8 Å². The number of aryl methyl sites for hydroxylation is 2. The van der Waals surface area contributed by atoms with Gasteiger partial charge in [0.25, 0.3) is 5.91 Å². The van der Waals surface area contributed by atoms with Gasteiger partial charge in [0.1, 0.15) is 5.69 Å². The van der Waals surface area contributed by atoms with Gasteiger partial charge in [0.15, 0.2) is 5.13 Å². The van der Waals surface area contributed by atoms with E-state index in [2.05, 4.69) is 36.0 Å². The van der Waals surface area contributed by atoms with E-state index in [0.29, 0.717) is 12.2 Å². The van der Waals surface area contributed by atoms with E-state index in [0.717, 1.165) is 53.8 Å². The molecule has 0 aliphatic carbocycles. The number of benzene rings is 1. The fraction of sp³-hybridized carbons (Fsp3) is 0.500. The van der Waals surface area contributed by atoms with Crippen molar-refractivity contribution in [2.75, 3.05) is 44.3 Å². The third-order valence-electron chi connectivity index (χ3n) is 5.42. The molecular formula is C22H29N5O2S. The van der Waals surface area contributed by atoms with Crippen molar-refractivity contribution in [3.05, 3.63) is 41.2 Å². The third kappa shape index (κ3) is 4.26. The largest absolute Gasteiger partial charge is 0.379 e. The predicted octanol–water partition coefficient (Wildman–Crippen LogP) is 3.67. The van der Waals surface area contributed by atoms with Crippen LogP contribution in [-0.4, -0.2) is 65.0 Å². The van der Waals surface area contributed by atoms with Gasteiger partial charge >= 0.3 is 0 Å². The molecule has 0 saturated carbocycles. The van der Waals surface area contributed by atoms with Crippen molar-refractivity contribution in [2.24, 2.45) is 0 Å². The molecule has 3 heterocycles. The highest BCUT2D eigenvalue weighted by Gasteiger charge is 2.26. The zero-order valence-electron chi connectivity index (χ0n) is 18.1. The summed E-state index contributed by atoms with van der Waals surface area (Å²) < 4.78 is 8.36. The monoisotopic (exact) mass is 427 g/mol. The minimum Gasteiger partial charge on any atom is -0.379 e. The molecule has 0 radical (unpaired) electrons. The number of hydrogen-bond acceptors (Lipinski definition) is 6. The van der Waals surface area contributed by atoms with Crippen molar-refractivity contribution < 1.29 is 9.53 Å². The van der Waals surface area contributed by atoms with E-state index in [1.54, 1.807) is 28.3 Å². The van der Waals surface area contributed by atoms with Crippen LogP contribution < -0.4 is 4.90 Å². The van der Waals surface area contributed by atoms with Gasteiger partial charge < -0.3 is 4.74 Å². The number of fused-ring (bicyclic) bond motifs is 1. The summed E-state index contributed by atoms with van der Waals surface area (Å²) in [5, 5.41) is 5.10. The number of rotatable bonds is 6. The topological polar surface area (TPSA) is 63.5 Å². The second kappa shape index (κ2) is 8.83. The number of amides is 1. The Kier molecular flexibility index (Phi) is 6.17. The van der Waals surface area contributed by atoms with E-state index >= 15 is 0 Å². The third-order valence-corrected chi connectivity index (χ3v) is 6.44. The number of ether oxygens (including phenoxy) is 1. The van der Waals surface area contributed by atoms with Crippen LogP contribution in [0.25, 0.3) is 10.2 Å². The van der Waals surface area contributed by atoms with Crippen LogP contribution in [0.1, 0.15) is 41.5 Å². The Morgan fingerprint density at radius 2 is 2.03 bits per heavy atom. The molecule has 2 aromatic heterocycles. The summed E-state index contributed by atoms with van der Waals surface area (Å²) in [5.41, 5.74) is 3.92. The second-order valence-electron chi connectivity index (χ2n) is 8.09. The summed E-state index contributed by atoms with van der Waals surface area (Å²) in [6, 6.07) is 6.19. The van der Waals surface area contributed by atoms with Crippen molar-refractivity contribution in [3.63, 3.8) is 0 Å². The highest BCUT2D eigenvalue weighted by molar-refractivity contribution is 7.22. The molecule has 1 fully saturated rings. The lowest BCUT2D eigenvalue weighted by Crippen LogP contribution is -2.43. The van der Waals surface area contributed by atoms with Crippen molar-refractivity contribution in [2.45, 2.75) is 33.7 Å². The number of thiazole rings is 1. The molecule has 1 aliphatic rings. The minimum atomic E-state index is -0.0529. The van der Waals surface area contributed by atoms with Gasteiger partial charge in [-0.25, -0.2) is 4.98 Å². The first-order valence-electron chi connectivity index (χ1n) is 10.5. The highest BCUT2D eigenvalue weighted by Crippen LogP contribution is 2.32. The molecule has 1 aromatic carbocycles. The van der Waals surface area contributed by atoms with Crippen LogP contribution >= 0.6 is 11.3 Å². The predicted molar refractivity (Wildman–Crippen MR) is 121 cm³/mol. The molecule has 4 rings (SSSR count). The Bertz CT molecular complexity index is 1040. The van der Waals surface area contributed by atoms with Crippen LogP contribution in [0.5, 0.6) is 0 Å². The van der Waals surface area contributed by atoms with E-state index in [-0.39, 0.29) is 11.9 Å². The Labute approximate surface area is 181 Å². The van der Waals surface area contributed by atoms with Gasteiger partial charge in [-0.1, -0.05) is 17.4 Å². The molecule has 1 saturated heterocycles. The molecule has 0 unspecified atom stereocenters. The number of aromatic nitrogens is 3. The number of anilines is 1. The van der Waals surface area contributed by atoms with Crippen molar-refractivity contribution in [1.82, 2.24) is 19.7 Å². The number of hydrogen-bond donors (Lipinski definition) is 0. The van der Waals surface area contributed by atoms with Gasteiger partial charge in [-0.05, 0) is 51.0 Å². The molecule has 0 atom stereocenters. The Hall–Kier alpha value is -2.29. The van der Waals surface area contributed by atoms with Gasteiger partial charge in [0.05, 0.1) is 23.4 Å². The summed E-state index contributed by atoms with van der Waals surface area (Å²) in [4.78, 5) is 22.7. The quantitative estimate of drug-likeness (QED) is 0.601. The van der Waals surface area contributed by atoms with Crippen LogP contribution in [0.3, 0.4) is 0 Å². The van der Waals surface area contributed by atoms with Crippen molar-refractivity contribution >= 4 is 32.6 Å². The van der Waals surface area contributed by atoms with Crippen LogP contribution in [0.4, 0.5) is 5.13 Å². The van der Waals surface area contributed by atoms with E-state index in [1.807, 2.05) is 18.7 Å². The van der Waals surface area contributed by atoms with E-state index < -0.39 is 0 Å². The molecule has 7 nitrogen and oxygen atoms in total. The minimum absolute atomic E-state index is 0.0529. The molecule has 1 amide bonds. The lowest BCUT2D eigenvalue weighted by atomic mass is 10.1. The second-order valence-corrected chi connectivity index (χ2v) is 9.10. The fourth-order valence-corrected chi connectivity index (χ4v) is 5.02. The number of morpholine rings is 1. The molecule has 0 N–H and O–H groups in total. The van der Waals surface area contributed by atoms with E-state index in [9.17, 15) is 4.79 Å². The molecule has 160 valence electrons. The maximum absolute atomic E-state index is 13.6. The Balaban J connectivity index is 1.68. The summed E-state index contributed by atoms with van der Waals surface area (Å²) in [7, 11) is 0. The SMILES string of the molecule is Cc1cc(C)c2nc(N(CCN3CCOCC3)C(=O)c3ccnn3C(C)C)sc2c1. The highest BCUT2D eigenvalue weighted by atomic mass is 32.1. The van der Waals surface area contributed by atoms with Gasteiger partial charge in [-0.15, -0.1) is 0 Å². The summed E-state index contributed by atoms with van der Waals surface area (Å²) in [6.07, 6.45) is 1.69. The van der Waals surface area contributed by atoms with Crippen LogP contribution in [-0.2, 0) is 4.74 Å². The zero-order chi connectivity index (χ0) is 21.3. The lowest BCUT2D eigenvalue weighted by molar-refractivity contribution is 0.0391. The average molecular weight is 428 g/mol. The summed E-state index contributed by atoms with van der Waals surface area (Å²) in [6.45, 7) is 12.9. The Morgan fingerprint density at radius 3 is 2.77 bits per heavy atom. The number of carbonyl (C=O) groups excluding carboxylic acids is 1. The molecule has 0 spiro atoms. The molecule has 30 heavy (non-hydrogen) atoms. The average Bonchev–Trinajstić information content (AvgIpc) is 3.36. The molecule has 8 heteroatoms.